The van der Waals surface area contributed by atoms with Crippen molar-refractivity contribution in [1.82, 2.24) is 15.1 Å². The van der Waals surface area contributed by atoms with Crippen LogP contribution in [0.2, 0.25) is 0 Å². The Kier molecular flexibility index (Phi) is 6.64. The van der Waals surface area contributed by atoms with Gasteiger partial charge < -0.3 is 19.4 Å². The number of carbonyl (C=O) groups excluding carboxylic acids is 1. The lowest BCUT2D eigenvalue weighted by Crippen LogP contribution is -2.46. The third-order valence-corrected chi connectivity index (χ3v) is 4.14. The second-order valence-electron chi connectivity index (χ2n) is 6.21. The van der Waals surface area contributed by atoms with Crippen molar-refractivity contribution in [3.63, 3.8) is 0 Å². The second-order valence-corrected chi connectivity index (χ2v) is 6.21. The fraction of sp³-hybridized carbons (Fsp3) is 0.647. The van der Waals surface area contributed by atoms with Crippen LogP contribution in [-0.2, 0) is 4.74 Å². The van der Waals surface area contributed by atoms with E-state index < -0.39 is 0 Å². The maximum absolute atomic E-state index is 12.2. The van der Waals surface area contributed by atoms with Gasteiger partial charge in [-0.15, -0.1) is 0 Å². The minimum absolute atomic E-state index is 0.0201. The number of aryl methyl sites for hydroxylation is 1. The van der Waals surface area contributed by atoms with Crippen molar-refractivity contribution in [3.8, 4) is 6.07 Å². The van der Waals surface area contributed by atoms with Crippen LogP contribution < -0.4 is 5.32 Å². The first-order chi connectivity index (χ1) is 11.5. The number of ether oxygens (including phenoxy) is 1. The number of rotatable bonds is 6. The number of furan rings is 1. The Balaban J connectivity index is 1.98. The number of hydrogen-bond acceptors (Lipinski definition) is 5. The predicted molar refractivity (Wildman–Crippen MR) is 89.4 cm³/mol. The van der Waals surface area contributed by atoms with Crippen molar-refractivity contribution in [1.29, 1.82) is 5.26 Å². The van der Waals surface area contributed by atoms with Crippen molar-refractivity contribution < 1.29 is 13.9 Å². The van der Waals surface area contributed by atoms with Gasteiger partial charge in [-0.25, -0.2) is 4.79 Å². The highest BCUT2D eigenvalue weighted by Crippen LogP contribution is 2.23. The molecule has 2 atom stereocenters. The summed E-state index contributed by atoms with van der Waals surface area (Å²) in [4.78, 5) is 16.1. The van der Waals surface area contributed by atoms with E-state index in [1.165, 1.54) is 4.90 Å². The van der Waals surface area contributed by atoms with Crippen LogP contribution in [0, 0.1) is 24.2 Å². The lowest BCUT2D eigenvalue weighted by molar-refractivity contribution is 0.0119. The van der Waals surface area contributed by atoms with E-state index in [9.17, 15) is 4.79 Å². The lowest BCUT2D eigenvalue weighted by Gasteiger charge is -2.33. The van der Waals surface area contributed by atoms with Gasteiger partial charge in [0.05, 0.1) is 31.2 Å². The molecule has 1 fully saturated rings. The molecule has 0 bridgehead atoms. The van der Waals surface area contributed by atoms with Gasteiger partial charge in [-0.2, -0.15) is 5.26 Å². The largest absolute Gasteiger partial charge is 0.465 e. The van der Waals surface area contributed by atoms with Gasteiger partial charge in [0, 0.05) is 33.2 Å². The van der Waals surface area contributed by atoms with Gasteiger partial charge in [-0.3, -0.25) is 4.90 Å². The van der Waals surface area contributed by atoms with Gasteiger partial charge in [0.15, 0.2) is 0 Å². The zero-order chi connectivity index (χ0) is 17.5. The molecule has 2 amide bonds. The SMILES string of the molecule is Cc1ccc([C@@H](CNC(=O)N(C)C[C@@H](C)C#N)N2CCOCC2)o1. The fourth-order valence-corrected chi connectivity index (χ4v) is 2.78. The number of amides is 2. The van der Waals surface area contributed by atoms with E-state index in [2.05, 4.69) is 16.3 Å². The van der Waals surface area contributed by atoms with E-state index in [0.717, 1.165) is 24.6 Å². The second kappa shape index (κ2) is 8.71. The van der Waals surface area contributed by atoms with Crippen LogP contribution >= 0.6 is 0 Å². The van der Waals surface area contributed by atoms with Crippen LogP contribution in [0.1, 0.15) is 24.5 Å². The number of nitrogens with one attached hydrogen (secondary N) is 1. The molecule has 24 heavy (non-hydrogen) atoms. The standard InChI is InChI=1S/C17H26N4O3/c1-13(10-18)12-20(3)17(22)19-11-15(16-5-4-14(2)24-16)21-6-8-23-9-7-21/h4-5,13,15H,6-9,11-12H2,1-3H3,(H,19,22)/t13-,15+/m0/s1. The number of morpholine rings is 1. The number of hydrogen-bond donors (Lipinski definition) is 1. The molecule has 1 aliphatic rings. The monoisotopic (exact) mass is 334 g/mol. The van der Waals surface area contributed by atoms with Crippen LogP contribution in [0.25, 0.3) is 0 Å². The molecule has 0 unspecified atom stereocenters. The molecule has 0 aromatic carbocycles. The molecule has 7 heteroatoms. The van der Waals surface area contributed by atoms with E-state index in [4.69, 9.17) is 14.4 Å². The Bertz CT molecular complexity index is 575. The minimum atomic E-state index is -0.191. The quantitative estimate of drug-likeness (QED) is 0.857. The Labute approximate surface area is 143 Å². The Morgan fingerprint density at radius 3 is 2.75 bits per heavy atom. The fourth-order valence-electron chi connectivity index (χ4n) is 2.78. The summed E-state index contributed by atoms with van der Waals surface area (Å²) in [6.07, 6.45) is 0. The first-order valence-electron chi connectivity index (χ1n) is 8.28. The van der Waals surface area contributed by atoms with Crippen molar-refractivity contribution >= 4 is 6.03 Å². The summed E-state index contributed by atoms with van der Waals surface area (Å²) in [5.74, 6) is 1.51. The molecule has 0 spiro atoms. The van der Waals surface area contributed by atoms with Gasteiger partial charge in [-0.05, 0) is 26.0 Å². The zero-order valence-corrected chi connectivity index (χ0v) is 14.6. The van der Waals surface area contributed by atoms with Gasteiger partial charge in [-0.1, -0.05) is 0 Å². The van der Waals surface area contributed by atoms with E-state index in [-0.39, 0.29) is 18.0 Å². The molecule has 2 rings (SSSR count). The summed E-state index contributed by atoms with van der Waals surface area (Å²) < 4.78 is 11.2. The Hall–Kier alpha value is -2.04. The molecule has 2 heterocycles. The number of nitrogens with zero attached hydrogens (tertiary/aromatic N) is 3. The van der Waals surface area contributed by atoms with E-state index in [1.807, 2.05) is 19.1 Å². The van der Waals surface area contributed by atoms with Crippen molar-refractivity contribution in [3.05, 3.63) is 23.7 Å². The van der Waals surface area contributed by atoms with Crippen molar-refractivity contribution in [2.75, 3.05) is 46.4 Å². The molecule has 1 aliphatic heterocycles. The summed E-state index contributed by atoms with van der Waals surface area (Å²) in [6.45, 7) is 7.56. The van der Waals surface area contributed by atoms with Gasteiger partial charge in [0.1, 0.15) is 11.5 Å². The molecule has 0 aliphatic carbocycles. The first-order valence-corrected chi connectivity index (χ1v) is 8.28. The van der Waals surface area contributed by atoms with Gasteiger partial charge in [0.25, 0.3) is 0 Å². The Morgan fingerprint density at radius 2 is 2.17 bits per heavy atom. The predicted octanol–water partition coefficient (Wildman–Crippen LogP) is 1.76. The summed E-state index contributed by atoms with van der Waals surface area (Å²) in [5, 5.41) is 11.8. The average Bonchev–Trinajstić information content (AvgIpc) is 3.01. The molecular formula is C17H26N4O3. The smallest absolute Gasteiger partial charge is 0.317 e. The molecule has 7 nitrogen and oxygen atoms in total. The third-order valence-electron chi connectivity index (χ3n) is 4.14. The topological polar surface area (TPSA) is 81.7 Å². The summed E-state index contributed by atoms with van der Waals surface area (Å²) in [5.41, 5.74) is 0. The van der Waals surface area contributed by atoms with E-state index in [1.54, 1.807) is 14.0 Å². The number of carbonyl (C=O) groups is 1. The van der Waals surface area contributed by atoms with E-state index in [0.29, 0.717) is 26.3 Å². The van der Waals surface area contributed by atoms with Gasteiger partial charge >= 0.3 is 6.03 Å². The van der Waals surface area contributed by atoms with Crippen molar-refractivity contribution in [2.45, 2.75) is 19.9 Å². The van der Waals surface area contributed by atoms with Crippen LogP contribution in [0.4, 0.5) is 4.79 Å². The molecule has 1 aromatic heterocycles. The summed E-state index contributed by atoms with van der Waals surface area (Å²) in [6, 6.07) is 5.83. The molecule has 132 valence electrons. The normalized spacial score (nSPS) is 17.8. The highest BCUT2D eigenvalue weighted by Gasteiger charge is 2.26. The highest BCUT2D eigenvalue weighted by molar-refractivity contribution is 5.73. The minimum Gasteiger partial charge on any atom is -0.465 e. The molecule has 0 saturated carbocycles. The maximum Gasteiger partial charge on any atom is 0.317 e. The number of urea groups is 1. The maximum atomic E-state index is 12.2. The molecule has 1 aromatic rings. The van der Waals surface area contributed by atoms with Crippen molar-refractivity contribution in [2.24, 2.45) is 5.92 Å². The van der Waals surface area contributed by atoms with Crippen LogP contribution in [-0.4, -0.2) is 62.3 Å². The molecule has 1 saturated heterocycles. The third kappa shape index (κ3) is 4.98. The number of nitriles is 1. The zero-order valence-electron chi connectivity index (χ0n) is 14.6. The lowest BCUT2D eigenvalue weighted by atomic mass is 10.1. The van der Waals surface area contributed by atoms with Crippen LogP contribution in [0.3, 0.4) is 0 Å². The average molecular weight is 334 g/mol. The first kappa shape index (κ1) is 18.3. The highest BCUT2D eigenvalue weighted by atomic mass is 16.5. The summed E-state index contributed by atoms with van der Waals surface area (Å²) >= 11 is 0. The molecular weight excluding hydrogens is 308 g/mol. The van der Waals surface area contributed by atoms with Gasteiger partial charge in [0.2, 0.25) is 0 Å². The molecule has 0 radical (unpaired) electrons. The molecule has 1 N–H and O–H groups in total. The summed E-state index contributed by atoms with van der Waals surface area (Å²) in [7, 11) is 1.70. The van der Waals surface area contributed by atoms with E-state index >= 15 is 0 Å². The Morgan fingerprint density at radius 1 is 1.46 bits per heavy atom. The van der Waals surface area contributed by atoms with Crippen LogP contribution in [0.15, 0.2) is 16.5 Å². The van der Waals surface area contributed by atoms with Crippen LogP contribution in [0.5, 0.6) is 0 Å².